The van der Waals surface area contributed by atoms with E-state index in [-0.39, 0.29) is 16.7 Å². The number of sulfonamides is 1. The SMILES string of the molecule is COc1ccc(-c2sc(NC(C)C3CCOCC3)nc2C)cc1S(=O)(=O)Nc1ccncc1C. The lowest BCUT2D eigenvalue weighted by Gasteiger charge is -2.28. The van der Waals surface area contributed by atoms with E-state index >= 15 is 0 Å². The number of thiazole rings is 1. The standard InChI is InChI=1S/C24H30N4O4S2/c1-15-14-25-10-7-20(15)28-34(29,30)22-13-19(5-6-21(22)31-4)23-17(3)27-24(33-23)26-16(2)18-8-11-32-12-9-18/h5-7,10,13-14,16,18H,8-9,11-12H2,1-4H3,(H,25,28)(H,26,27). The van der Waals surface area contributed by atoms with Gasteiger partial charge >= 0.3 is 0 Å². The minimum atomic E-state index is -3.89. The van der Waals surface area contributed by atoms with Crippen molar-refractivity contribution in [1.82, 2.24) is 9.97 Å². The monoisotopic (exact) mass is 502 g/mol. The van der Waals surface area contributed by atoms with E-state index in [4.69, 9.17) is 14.5 Å². The van der Waals surface area contributed by atoms with Crippen LogP contribution in [0.3, 0.4) is 0 Å². The Morgan fingerprint density at radius 1 is 1.21 bits per heavy atom. The fourth-order valence-corrected chi connectivity index (χ4v) is 6.46. The molecule has 10 heteroatoms. The molecule has 34 heavy (non-hydrogen) atoms. The summed E-state index contributed by atoms with van der Waals surface area (Å²) in [7, 11) is -2.43. The van der Waals surface area contributed by atoms with Crippen LogP contribution in [0, 0.1) is 19.8 Å². The van der Waals surface area contributed by atoms with E-state index in [1.807, 2.05) is 13.0 Å². The van der Waals surface area contributed by atoms with Gasteiger partial charge in [-0.2, -0.15) is 0 Å². The third-order valence-corrected chi connectivity index (χ3v) is 8.63. The third-order valence-electron chi connectivity index (χ3n) is 6.10. The van der Waals surface area contributed by atoms with Crippen molar-refractivity contribution in [3.63, 3.8) is 0 Å². The van der Waals surface area contributed by atoms with Crippen molar-refractivity contribution < 1.29 is 17.9 Å². The number of aryl methyl sites for hydroxylation is 2. The van der Waals surface area contributed by atoms with Gasteiger partial charge in [0, 0.05) is 31.6 Å². The summed E-state index contributed by atoms with van der Waals surface area (Å²) in [5, 5.41) is 4.37. The zero-order valence-electron chi connectivity index (χ0n) is 19.8. The first-order valence-electron chi connectivity index (χ1n) is 11.2. The second-order valence-electron chi connectivity index (χ2n) is 8.48. The maximum atomic E-state index is 13.3. The zero-order chi connectivity index (χ0) is 24.3. The highest BCUT2D eigenvalue weighted by atomic mass is 32.2. The van der Waals surface area contributed by atoms with E-state index in [1.54, 1.807) is 37.5 Å². The Balaban J connectivity index is 1.62. The number of aromatic nitrogens is 2. The van der Waals surface area contributed by atoms with Gasteiger partial charge in [0.1, 0.15) is 10.6 Å². The molecule has 0 radical (unpaired) electrons. The van der Waals surface area contributed by atoms with Gasteiger partial charge in [-0.1, -0.05) is 11.3 Å². The van der Waals surface area contributed by atoms with Crippen LogP contribution in [-0.2, 0) is 14.8 Å². The van der Waals surface area contributed by atoms with Crippen molar-refractivity contribution in [2.75, 3.05) is 30.4 Å². The molecule has 0 bridgehead atoms. The molecule has 0 saturated carbocycles. The molecule has 2 aromatic heterocycles. The highest BCUT2D eigenvalue weighted by Gasteiger charge is 2.24. The minimum Gasteiger partial charge on any atom is -0.495 e. The van der Waals surface area contributed by atoms with Crippen LogP contribution in [0.2, 0.25) is 0 Å². The first kappa shape index (κ1) is 24.4. The fourth-order valence-electron chi connectivity index (χ4n) is 4.07. The molecule has 4 rings (SSSR count). The highest BCUT2D eigenvalue weighted by molar-refractivity contribution is 7.92. The number of benzene rings is 1. The number of rotatable bonds is 8. The van der Waals surface area contributed by atoms with Gasteiger partial charge in [-0.05, 0) is 74.9 Å². The summed E-state index contributed by atoms with van der Waals surface area (Å²) < 4.78 is 40.1. The molecule has 1 aliphatic heterocycles. The lowest BCUT2D eigenvalue weighted by atomic mass is 9.93. The molecule has 0 spiro atoms. The van der Waals surface area contributed by atoms with Gasteiger partial charge in [0.05, 0.1) is 23.4 Å². The molecule has 1 fully saturated rings. The Bertz CT molecular complexity index is 1250. The van der Waals surface area contributed by atoms with Crippen molar-refractivity contribution in [3.05, 3.63) is 47.9 Å². The number of pyridine rings is 1. The van der Waals surface area contributed by atoms with Crippen molar-refractivity contribution in [1.29, 1.82) is 0 Å². The van der Waals surface area contributed by atoms with Gasteiger partial charge in [0.15, 0.2) is 5.13 Å². The second kappa shape index (κ2) is 10.3. The van der Waals surface area contributed by atoms with Crippen molar-refractivity contribution in [2.45, 2.75) is 44.6 Å². The third kappa shape index (κ3) is 5.34. The van der Waals surface area contributed by atoms with Crippen LogP contribution in [0.4, 0.5) is 10.8 Å². The Labute approximate surface area is 204 Å². The van der Waals surface area contributed by atoms with E-state index in [1.165, 1.54) is 18.4 Å². The van der Waals surface area contributed by atoms with Gasteiger partial charge in [-0.3, -0.25) is 9.71 Å². The normalized spacial score (nSPS) is 15.6. The molecule has 0 amide bonds. The highest BCUT2D eigenvalue weighted by Crippen LogP contribution is 2.37. The summed E-state index contributed by atoms with van der Waals surface area (Å²) in [6.45, 7) is 7.52. The number of hydrogen-bond donors (Lipinski definition) is 2. The number of anilines is 2. The molecular weight excluding hydrogens is 472 g/mol. The van der Waals surface area contributed by atoms with Gasteiger partial charge < -0.3 is 14.8 Å². The lowest BCUT2D eigenvalue weighted by molar-refractivity contribution is 0.0622. The lowest BCUT2D eigenvalue weighted by Crippen LogP contribution is -2.30. The predicted octanol–water partition coefficient (Wildman–Crippen LogP) is 4.86. The van der Waals surface area contributed by atoms with E-state index < -0.39 is 10.0 Å². The van der Waals surface area contributed by atoms with E-state index in [0.717, 1.165) is 52.9 Å². The molecule has 3 heterocycles. The van der Waals surface area contributed by atoms with Gasteiger partial charge in [-0.25, -0.2) is 13.4 Å². The smallest absolute Gasteiger partial charge is 0.265 e. The van der Waals surface area contributed by atoms with Gasteiger partial charge in [0.25, 0.3) is 10.0 Å². The summed E-state index contributed by atoms with van der Waals surface area (Å²) in [5.41, 5.74) is 2.83. The van der Waals surface area contributed by atoms with Crippen LogP contribution < -0.4 is 14.8 Å². The number of methoxy groups -OCH3 is 1. The van der Waals surface area contributed by atoms with E-state index in [9.17, 15) is 8.42 Å². The molecule has 2 N–H and O–H groups in total. The summed E-state index contributed by atoms with van der Waals surface area (Å²) in [6, 6.07) is 7.10. The van der Waals surface area contributed by atoms with Crippen molar-refractivity contribution in [2.24, 2.45) is 5.92 Å². The maximum absolute atomic E-state index is 13.3. The largest absolute Gasteiger partial charge is 0.495 e. The van der Waals surface area contributed by atoms with Crippen LogP contribution >= 0.6 is 11.3 Å². The minimum absolute atomic E-state index is 0.0709. The number of nitrogens with one attached hydrogen (secondary N) is 2. The fraction of sp³-hybridized carbons (Fsp3) is 0.417. The zero-order valence-corrected chi connectivity index (χ0v) is 21.4. The van der Waals surface area contributed by atoms with E-state index in [0.29, 0.717) is 11.6 Å². The Morgan fingerprint density at radius 2 is 1.97 bits per heavy atom. The Morgan fingerprint density at radius 3 is 2.68 bits per heavy atom. The molecule has 8 nitrogen and oxygen atoms in total. The summed E-state index contributed by atoms with van der Waals surface area (Å²) >= 11 is 1.53. The Kier molecular flexibility index (Phi) is 7.39. The van der Waals surface area contributed by atoms with Crippen LogP contribution in [0.5, 0.6) is 5.75 Å². The quantitative estimate of drug-likeness (QED) is 0.453. The van der Waals surface area contributed by atoms with E-state index in [2.05, 4.69) is 21.9 Å². The van der Waals surface area contributed by atoms with Crippen molar-refractivity contribution >= 4 is 32.2 Å². The maximum Gasteiger partial charge on any atom is 0.265 e. The average Bonchev–Trinajstić information content (AvgIpc) is 3.20. The molecule has 1 saturated heterocycles. The molecule has 1 atom stereocenters. The Hall–Kier alpha value is -2.69. The summed E-state index contributed by atoms with van der Waals surface area (Å²) in [4.78, 5) is 9.72. The first-order valence-corrected chi connectivity index (χ1v) is 13.5. The molecule has 1 unspecified atom stereocenters. The summed E-state index contributed by atoms with van der Waals surface area (Å²) in [5.74, 6) is 0.818. The van der Waals surface area contributed by atoms with Gasteiger partial charge in [0.2, 0.25) is 0 Å². The van der Waals surface area contributed by atoms with Crippen molar-refractivity contribution in [3.8, 4) is 16.2 Å². The van der Waals surface area contributed by atoms with Crippen LogP contribution in [0.25, 0.3) is 10.4 Å². The topological polar surface area (TPSA) is 102 Å². The number of ether oxygens (including phenoxy) is 2. The van der Waals surface area contributed by atoms with Gasteiger partial charge in [-0.15, -0.1) is 0 Å². The molecule has 1 aliphatic rings. The molecule has 1 aromatic carbocycles. The number of nitrogens with zero attached hydrogens (tertiary/aromatic N) is 2. The van der Waals surface area contributed by atoms with Crippen LogP contribution in [-0.4, -0.2) is 44.8 Å². The molecular formula is C24H30N4O4S2. The first-order chi connectivity index (χ1) is 16.3. The predicted molar refractivity (Wildman–Crippen MR) is 135 cm³/mol. The van der Waals surface area contributed by atoms with Crippen LogP contribution in [0.1, 0.15) is 31.0 Å². The molecule has 0 aliphatic carbocycles. The second-order valence-corrected chi connectivity index (χ2v) is 11.1. The average molecular weight is 503 g/mol. The molecule has 182 valence electrons. The number of hydrogen-bond acceptors (Lipinski definition) is 8. The van der Waals surface area contributed by atoms with Crippen LogP contribution in [0.15, 0.2) is 41.6 Å². The summed E-state index contributed by atoms with van der Waals surface area (Å²) in [6.07, 6.45) is 5.24. The molecule has 3 aromatic rings.